The predicted molar refractivity (Wildman–Crippen MR) is 246 cm³/mol. The Labute approximate surface area is 391 Å². The van der Waals surface area contributed by atoms with Crippen molar-refractivity contribution in [1.29, 1.82) is 0 Å². The van der Waals surface area contributed by atoms with Crippen LogP contribution >= 0.6 is 0 Å². The van der Waals surface area contributed by atoms with E-state index in [4.69, 9.17) is 14.2 Å². The van der Waals surface area contributed by atoms with Crippen molar-refractivity contribution in [2.75, 3.05) is 34.0 Å². The van der Waals surface area contributed by atoms with Gasteiger partial charge in [0.25, 0.3) is 11.4 Å². The van der Waals surface area contributed by atoms with Crippen molar-refractivity contribution in [2.24, 2.45) is 5.92 Å². The van der Waals surface area contributed by atoms with Crippen molar-refractivity contribution in [3.8, 4) is 33.8 Å². The van der Waals surface area contributed by atoms with Crippen LogP contribution in [-0.4, -0.2) is 77.1 Å². The van der Waals surface area contributed by atoms with Gasteiger partial charge in [0, 0.05) is 53.1 Å². The summed E-state index contributed by atoms with van der Waals surface area (Å²) in [5.41, 5.74) is 10.9. The minimum absolute atomic E-state index is 0. The number of nitro benzene ring substituents is 2. The Morgan fingerprint density at radius 3 is 1.64 bits per heavy atom. The number of rotatable bonds is 18. The summed E-state index contributed by atoms with van der Waals surface area (Å²) >= 11 is 0. The fraction of sp³-hybridized carbons (Fsp3) is 0.354. The maximum Gasteiger partial charge on any atom is 0.327 e. The molecule has 0 amide bonds. The molecule has 0 radical (unpaired) electrons. The molecule has 0 aliphatic heterocycles. The molecule has 0 aliphatic carbocycles. The molecule has 17 nitrogen and oxygen atoms in total. The first-order chi connectivity index (χ1) is 30.5. The number of carbonyl (C=O) groups is 4. The zero-order valence-corrected chi connectivity index (χ0v) is 38.6. The number of carbonyl (C=O) groups excluding carboxylic acids is 4. The smallest absolute Gasteiger partial charge is 0.327 e. The summed E-state index contributed by atoms with van der Waals surface area (Å²) in [4.78, 5) is 66.9. The van der Waals surface area contributed by atoms with Crippen LogP contribution in [0.1, 0.15) is 69.6 Å². The minimum atomic E-state index is -0.689. The lowest BCUT2D eigenvalue weighted by molar-refractivity contribution is -0.385. The fourth-order valence-corrected chi connectivity index (χ4v) is 6.64. The first kappa shape index (κ1) is 57.0. The number of aromatic nitrogens is 2. The number of halogens is 1. The summed E-state index contributed by atoms with van der Waals surface area (Å²) in [5, 5.41) is 26.7. The number of ketones is 2. The summed E-state index contributed by atoms with van der Waals surface area (Å²) < 4.78 is 22.1. The summed E-state index contributed by atoms with van der Waals surface area (Å²) in [6, 6.07) is 23.8. The lowest BCUT2D eigenvalue weighted by atomic mass is 9.91. The van der Waals surface area contributed by atoms with Gasteiger partial charge in [-0.25, -0.2) is 0 Å². The van der Waals surface area contributed by atoms with E-state index in [2.05, 4.69) is 15.6 Å². The number of methoxy groups -OCH3 is 2. The highest BCUT2D eigenvalue weighted by Gasteiger charge is 2.21. The molecule has 0 unspecified atom stereocenters. The molecule has 5 rings (SSSR count). The second kappa shape index (κ2) is 28.0. The van der Waals surface area contributed by atoms with Crippen LogP contribution in [0.3, 0.4) is 0 Å². The molecule has 0 bridgehead atoms. The zero-order valence-electron chi connectivity index (χ0n) is 37.9. The van der Waals surface area contributed by atoms with E-state index in [0.717, 1.165) is 33.6 Å². The van der Waals surface area contributed by atoms with Gasteiger partial charge in [-0.15, -0.1) is 0 Å². The molecule has 66 heavy (non-hydrogen) atoms. The number of non-ortho nitro benzene ring substituents is 2. The number of hydrogen-bond acceptors (Lipinski definition) is 13. The summed E-state index contributed by atoms with van der Waals surface area (Å²) in [7, 11) is 3.09. The molecular weight excluding hydrogens is 874 g/mol. The van der Waals surface area contributed by atoms with Gasteiger partial charge in [-0.3, -0.25) is 44.1 Å². The van der Waals surface area contributed by atoms with Gasteiger partial charge in [-0.05, 0) is 94.5 Å². The highest BCUT2D eigenvalue weighted by Crippen LogP contribution is 2.35. The molecule has 0 spiro atoms. The van der Waals surface area contributed by atoms with Crippen LogP contribution in [0.25, 0.3) is 22.3 Å². The molecule has 5 aromatic rings. The number of nitrogens with zero attached hydrogens (tertiary/aromatic N) is 4. The Morgan fingerprint density at radius 1 is 0.727 bits per heavy atom. The largest absolute Gasteiger partial charge is 1.00 e. The highest BCUT2D eigenvalue weighted by molar-refractivity contribution is 6.00. The minimum Gasteiger partial charge on any atom is -1.00 e. The molecule has 0 atom stereocenters. The maximum atomic E-state index is 11.8. The number of hydrogen-bond donors (Lipinski definition) is 1. The Kier molecular flexibility index (Phi) is 24.2. The van der Waals surface area contributed by atoms with Crippen LogP contribution in [0.4, 0.5) is 11.4 Å². The topological polar surface area (TPSA) is 237 Å². The highest BCUT2D eigenvalue weighted by atomic mass is 35.5. The van der Waals surface area contributed by atoms with E-state index in [9.17, 15) is 39.4 Å². The van der Waals surface area contributed by atoms with E-state index in [1.807, 2.05) is 38.1 Å². The van der Waals surface area contributed by atoms with E-state index in [-0.39, 0.29) is 67.7 Å². The average molecular weight is 934 g/mol. The van der Waals surface area contributed by atoms with Crippen LogP contribution in [0.15, 0.2) is 84.9 Å². The summed E-state index contributed by atoms with van der Waals surface area (Å²) in [6.45, 7) is 11.7. The van der Waals surface area contributed by atoms with Crippen LogP contribution in [0.2, 0.25) is 0 Å². The van der Waals surface area contributed by atoms with Crippen molar-refractivity contribution < 1.29 is 66.1 Å². The Bertz CT molecular complexity index is 2430. The van der Waals surface area contributed by atoms with Gasteiger partial charge < -0.3 is 37.1 Å². The molecule has 4 aromatic carbocycles. The third kappa shape index (κ3) is 16.5. The first-order valence-electron chi connectivity index (χ1n) is 20.5. The molecule has 18 heteroatoms. The van der Waals surface area contributed by atoms with E-state index in [1.54, 1.807) is 62.0 Å². The molecule has 0 fully saturated rings. The number of esters is 2. The molecule has 0 saturated carbocycles. The third-order valence-corrected chi connectivity index (χ3v) is 9.87. The first-order valence-corrected chi connectivity index (χ1v) is 20.5. The number of benzene rings is 4. The van der Waals surface area contributed by atoms with Gasteiger partial charge in [0.15, 0.2) is 0 Å². The molecule has 0 aliphatic rings. The summed E-state index contributed by atoms with van der Waals surface area (Å²) in [5.74, 6) is -0.325. The lowest BCUT2D eigenvalue weighted by Gasteiger charge is -2.14. The number of ether oxygens (including phenoxy) is 4. The molecule has 1 aromatic heterocycles. The monoisotopic (exact) mass is 933 g/mol. The fourth-order valence-electron chi connectivity index (χ4n) is 6.64. The van der Waals surface area contributed by atoms with Gasteiger partial charge in [0.1, 0.15) is 29.6 Å². The zero-order chi connectivity index (χ0) is 47.5. The summed E-state index contributed by atoms with van der Waals surface area (Å²) in [6.07, 6.45) is 1.33. The van der Waals surface area contributed by atoms with E-state index in [0.29, 0.717) is 60.8 Å². The Balaban J connectivity index is 0.000000560. The number of quaternary nitrogens is 1. The second-order valence-electron chi connectivity index (χ2n) is 14.4. The molecule has 3 N–H and O–H groups in total. The third-order valence-electron chi connectivity index (χ3n) is 9.87. The Morgan fingerprint density at radius 2 is 1.20 bits per heavy atom. The van der Waals surface area contributed by atoms with Crippen LogP contribution in [0.5, 0.6) is 11.5 Å². The number of aryl methyl sites for hydroxylation is 1. The SMILES string of the molecule is C.CCOC(=O)CC[NH3+].CCOC(=O)Cn1nc(C)c(Cc2ccc(OC)c(-c3cccc([N+](=O)[O-])c3)c2)c1C.COc1ccc(CC(C(C)=O)C(C)=O)cc1-c1cccc([N+](=O)[O-])c1.[Cl-]. The quantitative estimate of drug-likeness (QED) is 0.0545. The molecule has 356 valence electrons. The van der Waals surface area contributed by atoms with Crippen molar-refractivity contribution in [3.63, 3.8) is 0 Å². The predicted octanol–water partition coefficient (Wildman–Crippen LogP) is 4.67. The van der Waals surface area contributed by atoms with Gasteiger partial charge in [0.05, 0.1) is 61.9 Å². The van der Waals surface area contributed by atoms with Gasteiger partial charge in [-0.1, -0.05) is 43.8 Å². The maximum absolute atomic E-state index is 11.8. The van der Waals surface area contributed by atoms with Gasteiger partial charge >= 0.3 is 11.9 Å². The average Bonchev–Trinajstić information content (AvgIpc) is 3.52. The van der Waals surface area contributed by atoms with Crippen molar-refractivity contribution >= 4 is 34.9 Å². The number of nitro groups is 2. The van der Waals surface area contributed by atoms with Crippen molar-refractivity contribution in [3.05, 3.63) is 133 Å². The standard InChI is InChI=1S/C23H25N3O5.C19H19NO5.C5H11NO2.CH4.ClH/c1-5-31-23(27)14-25-16(3)20(15(2)24-25)11-17-9-10-22(30-4)21(12-17)18-7-6-8-19(13-18)26(28)29;1-12(21)17(13(2)22)9-14-7-8-19(25-3)18(10-14)15-5-4-6-16(11-15)20(23)24;1-2-8-5(7)3-4-6;;/h6-10,12-13H,5,11,14H2,1-4H3;4-8,10-11,17H,9H2,1-3H3;2-4,6H2,1H3;1H4;1H. The van der Waals surface area contributed by atoms with Crippen molar-refractivity contribution in [2.45, 2.75) is 74.8 Å². The number of Topliss-reactive ketones (excluding diaryl/α,β-unsaturated/α-hetero) is 2. The lowest BCUT2D eigenvalue weighted by Crippen LogP contribution is -3.00. The normalized spacial score (nSPS) is 10.1. The van der Waals surface area contributed by atoms with Gasteiger partial charge in [0.2, 0.25) is 0 Å². The molecular formula is C48H60ClN5O12. The second-order valence-corrected chi connectivity index (χ2v) is 14.4. The van der Waals surface area contributed by atoms with E-state index >= 15 is 0 Å². The van der Waals surface area contributed by atoms with Crippen LogP contribution < -0.4 is 27.6 Å². The van der Waals surface area contributed by atoms with Crippen molar-refractivity contribution in [1.82, 2.24) is 9.78 Å². The van der Waals surface area contributed by atoms with Gasteiger partial charge in [-0.2, -0.15) is 5.10 Å². The van der Waals surface area contributed by atoms with Crippen LogP contribution in [0, 0.1) is 40.0 Å². The molecule has 1 heterocycles. The Hall–Kier alpha value is -6.98. The molecule has 0 saturated heterocycles. The van der Waals surface area contributed by atoms with E-state index in [1.165, 1.54) is 45.2 Å². The van der Waals surface area contributed by atoms with E-state index < -0.39 is 15.8 Å². The van der Waals surface area contributed by atoms with Crippen LogP contribution in [-0.2, 0) is 48.0 Å².